The smallest absolute Gasteiger partial charge is 0.274 e. The van der Waals surface area contributed by atoms with Gasteiger partial charge in [0.1, 0.15) is 5.82 Å². The summed E-state index contributed by atoms with van der Waals surface area (Å²) in [5.41, 5.74) is 2.82. The lowest BCUT2D eigenvalue weighted by Crippen LogP contribution is -2.35. The summed E-state index contributed by atoms with van der Waals surface area (Å²) in [6.07, 6.45) is 8.91. The summed E-state index contributed by atoms with van der Waals surface area (Å²) < 4.78 is 15.4. The van der Waals surface area contributed by atoms with Gasteiger partial charge in [-0.15, -0.1) is 11.3 Å². The van der Waals surface area contributed by atoms with Gasteiger partial charge >= 0.3 is 0 Å². The lowest BCUT2D eigenvalue weighted by Gasteiger charge is -2.25. The van der Waals surface area contributed by atoms with E-state index in [2.05, 4.69) is 9.30 Å². The summed E-state index contributed by atoms with van der Waals surface area (Å²) in [6, 6.07) is 6.89. The van der Waals surface area contributed by atoms with E-state index in [1.807, 2.05) is 28.6 Å². The minimum atomic E-state index is -0.190. The Balaban J connectivity index is 1.35. The van der Waals surface area contributed by atoms with Crippen molar-refractivity contribution in [3.05, 3.63) is 58.6 Å². The van der Waals surface area contributed by atoms with E-state index in [0.717, 1.165) is 56.1 Å². The maximum atomic E-state index is 13.4. The largest absolute Gasteiger partial charge is 0.337 e. The van der Waals surface area contributed by atoms with Gasteiger partial charge < -0.3 is 4.90 Å². The van der Waals surface area contributed by atoms with E-state index in [4.69, 9.17) is 4.98 Å². The second-order valence-corrected chi connectivity index (χ2v) is 9.67. The van der Waals surface area contributed by atoms with Crippen LogP contribution in [0.2, 0.25) is 0 Å². The normalized spacial score (nSPS) is 20.8. The molecule has 4 heterocycles. The molecule has 0 unspecified atom stereocenters. The number of rotatable bonds is 4. The Morgan fingerprint density at radius 1 is 1.06 bits per heavy atom. The summed E-state index contributed by atoms with van der Waals surface area (Å²) in [5.74, 6) is 0.298. The van der Waals surface area contributed by atoms with Crippen LogP contribution in [0.4, 0.5) is 4.39 Å². The predicted molar refractivity (Wildman–Crippen MR) is 121 cm³/mol. The van der Waals surface area contributed by atoms with Gasteiger partial charge in [-0.05, 0) is 49.4 Å². The number of nitrogens with zero attached hydrogens (tertiary/aromatic N) is 4. The zero-order valence-electron chi connectivity index (χ0n) is 17.8. The van der Waals surface area contributed by atoms with Crippen molar-refractivity contribution in [2.45, 2.75) is 51.0 Å². The van der Waals surface area contributed by atoms with Crippen LogP contribution >= 0.6 is 11.3 Å². The monoisotopic (exact) mass is 440 g/mol. The molecule has 2 aliphatic rings. The van der Waals surface area contributed by atoms with Crippen LogP contribution in [0.3, 0.4) is 0 Å². The van der Waals surface area contributed by atoms with Crippen LogP contribution < -0.4 is 0 Å². The molecule has 2 aliphatic heterocycles. The molecular weight excluding hydrogens is 411 g/mol. The van der Waals surface area contributed by atoms with Crippen molar-refractivity contribution < 1.29 is 9.18 Å². The van der Waals surface area contributed by atoms with Gasteiger partial charge in [0.2, 0.25) is 0 Å². The van der Waals surface area contributed by atoms with Crippen LogP contribution in [0.5, 0.6) is 0 Å². The number of fused-ring (bicyclic) bond motifs is 1. The molecule has 1 atom stereocenters. The Bertz CT molecular complexity index is 1040. The molecule has 0 saturated carbocycles. The third kappa shape index (κ3) is 4.39. The van der Waals surface area contributed by atoms with E-state index >= 15 is 0 Å². The Hall–Kier alpha value is -2.25. The van der Waals surface area contributed by atoms with Crippen molar-refractivity contribution in [2.75, 3.05) is 26.2 Å². The first-order chi connectivity index (χ1) is 15.2. The van der Waals surface area contributed by atoms with Crippen molar-refractivity contribution in [1.29, 1.82) is 0 Å². The van der Waals surface area contributed by atoms with E-state index in [1.165, 1.54) is 24.8 Å². The zero-order valence-corrected chi connectivity index (χ0v) is 18.6. The van der Waals surface area contributed by atoms with Crippen LogP contribution in [-0.4, -0.2) is 51.3 Å². The lowest BCUT2D eigenvalue weighted by atomic mass is 9.99. The second kappa shape index (κ2) is 9.09. The fourth-order valence-electron chi connectivity index (χ4n) is 4.95. The quantitative estimate of drug-likeness (QED) is 0.578. The average Bonchev–Trinajstić information content (AvgIpc) is 3.46. The van der Waals surface area contributed by atoms with Gasteiger partial charge in [0, 0.05) is 37.8 Å². The van der Waals surface area contributed by atoms with Crippen LogP contribution in [0.25, 0.3) is 4.96 Å². The number of aromatic nitrogens is 2. The summed E-state index contributed by atoms with van der Waals surface area (Å²) in [7, 11) is 0. The zero-order chi connectivity index (χ0) is 21.2. The molecule has 164 valence electrons. The molecule has 5 nitrogen and oxygen atoms in total. The van der Waals surface area contributed by atoms with E-state index < -0.39 is 0 Å². The molecule has 0 bridgehead atoms. The molecule has 0 aliphatic carbocycles. The Kier molecular flexibility index (Phi) is 6.05. The summed E-state index contributed by atoms with van der Waals surface area (Å²) in [4.78, 5) is 23.5. The van der Waals surface area contributed by atoms with Gasteiger partial charge in [-0.3, -0.25) is 14.1 Å². The molecule has 5 rings (SSSR count). The van der Waals surface area contributed by atoms with E-state index in [9.17, 15) is 9.18 Å². The molecular formula is C24H29FN4OS. The highest BCUT2D eigenvalue weighted by atomic mass is 32.1. The van der Waals surface area contributed by atoms with E-state index in [-0.39, 0.29) is 11.7 Å². The van der Waals surface area contributed by atoms with Crippen molar-refractivity contribution in [1.82, 2.24) is 19.2 Å². The predicted octanol–water partition coefficient (Wildman–Crippen LogP) is 4.93. The number of hydrogen-bond acceptors (Lipinski definition) is 4. The topological polar surface area (TPSA) is 40.9 Å². The average molecular weight is 441 g/mol. The number of thiazole rings is 1. The lowest BCUT2D eigenvalue weighted by molar-refractivity contribution is 0.0735. The third-order valence-corrected chi connectivity index (χ3v) is 7.45. The third-order valence-electron chi connectivity index (χ3n) is 6.69. The number of carbonyl (C=O) groups is 1. The first-order valence-electron chi connectivity index (χ1n) is 11.4. The summed E-state index contributed by atoms with van der Waals surface area (Å²) in [6.45, 7) is 4.27. The molecule has 2 saturated heterocycles. The number of halogens is 1. The molecule has 1 aromatic carbocycles. The molecule has 2 fully saturated rings. The van der Waals surface area contributed by atoms with E-state index in [1.54, 1.807) is 23.5 Å². The first kappa shape index (κ1) is 20.6. The number of likely N-dealkylation sites (tertiary alicyclic amines) is 2. The molecule has 31 heavy (non-hydrogen) atoms. The van der Waals surface area contributed by atoms with Crippen molar-refractivity contribution >= 4 is 22.2 Å². The molecule has 2 aromatic heterocycles. The first-order valence-corrected chi connectivity index (χ1v) is 12.3. The van der Waals surface area contributed by atoms with Gasteiger partial charge in [-0.1, -0.05) is 31.4 Å². The highest BCUT2D eigenvalue weighted by Gasteiger charge is 2.29. The number of carbonyl (C=O) groups excluding carboxylic acids is 1. The molecule has 0 spiro atoms. The highest BCUT2D eigenvalue weighted by Crippen LogP contribution is 2.30. The molecule has 1 amide bonds. The molecule has 0 N–H and O–H groups in total. The van der Waals surface area contributed by atoms with Crippen LogP contribution in [0.15, 0.2) is 35.8 Å². The summed E-state index contributed by atoms with van der Waals surface area (Å²) >= 11 is 1.58. The Labute approximate surface area is 186 Å². The van der Waals surface area contributed by atoms with Gasteiger partial charge in [-0.2, -0.15) is 0 Å². The number of benzene rings is 1. The number of amides is 1. The van der Waals surface area contributed by atoms with Gasteiger partial charge in [0.05, 0.1) is 5.69 Å². The molecule has 0 radical (unpaired) electrons. The van der Waals surface area contributed by atoms with Crippen molar-refractivity contribution in [3.63, 3.8) is 0 Å². The Morgan fingerprint density at radius 3 is 2.58 bits per heavy atom. The van der Waals surface area contributed by atoms with Crippen LogP contribution in [0, 0.1) is 5.82 Å². The van der Waals surface area contributed by atoms with Crippen LogP contribution in [0.1, 0.15) is 66.2 Å². The maximum absolute atomic E-state index is 13.4. The summed E-state index contributed by atoms with van der Waals surface area (Å²) in [5, 5.41) is 2.03. The fraction of sp³-hybridized carbons (Fsp3) is 0.500. The van der Waals surface area contributed by atoms with Gasteiger partial charge in [0.25, 0.3) is 5.91 Å². The SMILES string of the molecule is O=C(c1nc2sccn2c1CN1CC[C@@H](c2ccc(F)cc2)C1)N1CCCCCCC1. The molecule has 3 aromatic rings. The fourth-order valence-corrected chi connectivity index (χ4v) is 5.68. The number of imidazole rings is 1. The Morgan fingerprint density at radius 2 is 1.81 bits per heavy atom. The minimum Gasteiger partial charge on any atom is -0.337 e. The van der Waals surface area contributed by atoms with Crippen molar-refractivity contribution in [2.24, 2.45) is 0 Å². The maximum Gasteiger partial charge on any atom is 0.274 e. The standard InChI is InChI=1S/C24H29FN4OS/c25-20-8-6-18(7-9-20)19-10-13-27(16-19)17-21-22(26-24-29(21)14-15-31-24)23(30)28-11-4-2-1-3-5-12-28/h6-9,14-15,19H,1-5,10-13,16-17H2/t19-/m1/s1. The highest BCUT2D eigenvalue weighted by molar-refractivity contribution is 7.15. The number of hydrogen-bond donors (Lipinski definition) is 0. The molecule has 7 heteroatoms. The van der Waals surface area contributed by atoms with Crippen LogP contribution in [-0.2, 0) is 6.54 Å². The van der Waals surface area contributed by atoms with Gasteiger partial charge in [-0.25, -0.2) is 9.37 Å². The van der Waals surface area contributed by atoms with E-state index in [0.29, 0.717) is 18.2 Å². The van der Waals surface area contributed by atoms with Gasteiger partial charge in [0.15, 0.2) is 10.7 Å². The second-order valence-electron chi connectivity index (χ2n) is 8.79. The minimum absolute atomic E-state index is 0.0853. The van der Waals surface area contributed by atoms with Crippen molar-refractivity contribution in [3.8, 4) is 0 Å².